The summed E-state index contributed by atoms with van der Waals surface area (Å²) in [6.07, 6.45) is 1.99. The molecule has 6 heteroatoms. The highest BCUT2D eigenvalue weighted by atomic mass is 16.7. The summed E-state index contributed by atoms with van der Waals surface area (Å²) in [4.78, 5) is 0. The third-order valence-corrected chi connectivity index (χ3v) is 3.96. The van der Waals surface area contributed by atoms with Gasteiger partial charge in [-0.1, -0.05) is 6.07 Å². The van der Waals surface area contributed by atoms with E-state index < -0.39 is 7.32 Å². The van der Waals surface area contributed by atoms with Crippen LogP contribution in [0.1, 0.15) is 29.5 Å². The fraction of sp³-hybridized carbons (Fsp3) is 0.316. The Morgan fingerprint density at radius 1 is 1.04 bits per heavy atom. The molecule has 0 radical (unpaired) electrons. The minimum absolute atomic E-state index is 0.390. The highest BCUT2D eigenvalue weighted by molar-refractivity contribution is 6.36. The molecule has 1 aliphatic heterocycles. The molecular weight excluding hydrogens is 317 g/mol. The molecule has 0 spiro atoms. The smallest absolute Gasteiger partial charge is 0.457 e. The van der Waals surface area contributed by atoms with Gasteiger partial charge in [0.05, 0.1) is 18.2 Å². The zero-order valence-electron chi connectivity index (χ0n) is 14.2. The Labute approximate surface area is 148 Å². The summed E-state index contributed by atoms with van der Waals surface area (Å²) in [6.45, 7) is 3.73. The van der Waals surface area contributed by atoms with Gasteiger partial charge in [0.1, 0.15) is 11.5 Å². The Morgan fingerprint density at radius 3 is 2.40 bits per heavy atom. The zero-order chi connectivity index (χ0) is 17.5. The van der Waals surface area contributed by atoms with E-state index in [0.29, 0.717) is 31.1 Å². The molecular formula is C19H20BNO4. The SMILES string of the molecule is Cc1ccc(Oc2ccc(C#N)cc2)cc1COB1OCCCCO1. The van der Waals surface area contributed by atoms with E-state index in [4.69, 9.17) is 24.0 Å². The zero-order valence-corrected chi connectivity index (χ0v) is 14.2. The van der Waals surface area contributed by atoms with Crippen molar-refractivity contribution in [3.63, 3.8) is 0 Å². The maximum atomic E-state index is 8.84. The van der Waals surface area contributed by atoms with Crippen LogP contribution in [0.5, 0.6) is 11.5 Å². The van der Waals surface area contributed by atoms with Crippen molar-refractivity contribution in [1.82, 2.24) is 0 Å². The van der Waals surface area contributed by atoms with Crippen molar-refractivity contribution in [3.8, 4) is 17.6 Å². The second-order valence-electron chi connectivity index (χ2n) is 5.87. The van der Waals surface area contributed by atoms with Crippen LogP contribution in [0.3, 0.4) is 0 Å². The van der Waals surface area contributed by atoms with E-state index in [1.165, 1.54) is 0 Å². The molecule has 0 bridgehead atoms. The van der Waals surface area contributed by atoms with Gasteiger partial charge in [-0.25, -0.2) is 0 Å². The van der Waals surface area contributed by atoms with Crippen molar-refractivity contribution >= 4 is 7.32 Å². The minimum Gasteiger partial charge on any atom is -0.457 e. The highest BCUT2D eigenvalue weighted by Crippen LogP contribution is 2.25. The maximum absolute atomic E-state index is 8.84. The fourth-order valence-electron chi connectivity index (χ4n) is 2.47. The van der Waals surface area contributed by atoms with Crippen molar-refractivity contribution in [1.29, 1.82) is 5.26 Å². The van der Waals surface area contributed by atoms with Gasteiger partial charge in [0.25, 0.3) is 0 Å². The highest BCUT2D eigenvalue weighted by Gasteiger charge is 2.23. The maximum Gasteiger partial charge on any atom is 0.639 e. The average Bonchev–Trinajstić information content (AvgIpc) is 2.91. The van der Waals surface area contributed by atoms with Crippen molar-refractivity contribution in [3.05, 3.63) is 59.2 Å². The molecule has 1 fully saturated rings. The van der Waals surface area contributed by atoms with Crippen LogP contribution in [0.2, 0.25) is 0 Å². The molecule has 0 aliphatic carbocycles. The summed E-state index contributed by atoms with van der Waals surface area (Å²) in [7, 11) is -0.606. The van der Waals surface area contributed by atoms with Gasteiger partial charge >= 0.3 is 7.32 Å². The summed E-state index contributed by atoms with van der Waals surface area (Å²) < 4.78 is 22.6. The predicted octanol–water partition coefficient (Wildman–Crippen LogP) is 3.99. The van der Waals surface area contributed by atoms with Crippen LogP contribution in [0.4, 0.5) is 0 Å². The Hall–Kier alpha value is -2.33. The lowest BCUT2D eigenvalue weighted by Gasteiger charge is -2.14. The topological polar surface area (TPSA) is 60.7 Å². The third-order valence-electron chi connectivity index (χ3n) is 3.96. The number of ether oxygens (including phenoxy) is 1. The van der Waals surface area contributed by atoms with Crippen LogP contribution in [-0.2, 0) is 20.6 Å². The first-order chi connectivity index (χ1) is 12.2. The molecule has 1 heterocycles. The molecule has 25 heavy (non-hydrogen) atoms. The lowest BCUT2D eigenvalue weighted by atomic mass is 10.1. The molecule has 0 aromatic heterocycles. The van der Waals surface area contributed by atoms with E-state index >= 15 is 0 Å². The summed E-state index contributed by atoms with van der Waals surface area (Å²) in [5, 5.41) is 8.84. The first kappa shape index (κ1) is 17.5. The van der Waals surface area contributed by atoms with E-state index in [1.807, 2.05) is 25.1 Å². The Kier molecular flexibility index (Phi) is 6.07. The van der Waals surface area contributed by atoms with Gasteiger partial charge in [0.15, 0.2) is 0 Å². The monoisotopic (exact) mass is 337 g/mol. The van der Waals surface area contributed by atoms with E-state index in [-0.39, 0.29) is 0 Å². The Morgan fingerprint density at radius 2 is 1.72 bits per heavy atom. The normalized spacial score (nSPS) is 14.6. The van der Waals surface area contributed by atoms with Crippen molar-refractivity contribution < 1.29 is 18.7 Å². The lowest BCUT2D eigenvalue weighted by molar-refractivity contribution is 0.107. The van der Waals surface area contributed by atoms with E-state index in [1.54, 1.807) is 24.3 Å². The van der Waals surface area contributed by atoms with Gasteiger partial charge < -0.3 is 18.7 Å². The number of rotatable bonds is 5. The Balaban J connectivity index is 1.64. The van der Waals surface area contributed by atoms with Crippen LogP contribution in [0, 0.1) is 18.3 Å². The van der Waals surface area contributed by atoms with Gasteiger partial charge in [-0.15, -0.1) is 0 Å². The third kappa shape index (κ3) is 5.07. The number of nitrogens with zero attached hydrogens (tertiary/aromatic N) is 1. The molecule has 3 rings (SSSR count). The summed E-state index contributed by atoms with van der Waals surface area (Å²) in [5.74, 6) is 1.40. The molecule has 128 valence electrons. The molecule has 0 amide bonds. The number of nitriles is 1. The van der Waals surface area contributed by atoms with Crippen molar-refractivity contribution in [2.75, 3.05) is 13.2 Å². The van der Waals surface area contributed by atoms with Crippen LogP contribution in [0.25, 0.3) is 0 Å². The number of benzene rings is 2. The minimum atomic E-state index is -0.606. The standard InChI is InChI=1S/C19H20BNO4/c1-15-4-7-19(25-18-8-5-16(13-21)6-9-18)12-17(15)14-24-20-22-10-2-3-11-23-20/h4-9,12H,2-3,10-11,14H2,1H3. The fourth-order valence-corrected chi connectivity index (χ4v) is 2.47. The van der Waals surface area contributed by atoms with Crippen LogP contribution in [-0.4, -0.2) is 20.5 Å². The summed E-state index contributed by atoms with van der Waals surface area (Å²) in [5.41, 5.74) is 2.73. The second-order valence-corrected chi connectivity index (χ2v) is 5.87. The molecule has 5 nitrogen and oxygen atoms in total. The molecule has 0 unspecified atom stereocenters. The van der Waals surface area contributed by atoms with Crippen LogP contribution >= 0.6 is 0 Å². The second kappa shape index (κ2) is 8.68. The van der Waals surface area contributed by atoms with E-state index in [0.717, 1.165) is 29.7 Å². The number of hydrogen-bond acceptors (Lipinski definition) is 5. The van der Waals surface area contributed by atoms with Gasteiger partial charge in [-0.05, 0) is 67.3 Å². The first-order valence-corrected chi connectivity index (χ1v) is 8.37. The first-order valence-electron chi connectivity index (χ1n) is 8.37. The molecule has 1 saturated heterocycles. The van der Waals surface area contributed by atoms with Gasteiger partial charge in [-0.2, -0.15) is 5.26 Å². The molecule has 0 saturated carbocycles. The van der Waals surface area contributed by atoms with Crippen molar-refractivity contribution in [2.45, 2.75) is 26.4 Å². The number of hydrogen-bond donors (Lipinski definition) is 0. The van der Waals surface area contributed by atoms with Gasteiger partial charge in [0.2, 0.25) is 0 Å². The lowest BCUT2D eigenvalue weighted by Crippen LogP contribution is -2.26. The number of aryl methyl sites for hydroxylation is 1. The van der Waals surface area contributed by atoms with E-state index in [2.05, 4.69) is 6.07 Å². The van der Waals surface area contributed by atoms with Crippen molar-refractivity contribution in [2.24, 2.45) is 0 Å². The largest absolute Gasteiger partial charge is 0.639 e. The van der Waals surface area contributed by atoms with Gasteiger partial charge in [0, 0.05) is 13.2 Å². The predicted molar refractivity (Wildman–Crippen MR) is 94.1 cm³/mol. The van der Waals surface area contributed by atoms with Crippen LogP contribution in [0.15, 0.2) is 42.5 Å². The Bertz CT molecular complexity index is 734. The molecule has 0 N–H and O–H groups in total. The van der Waals surface area contributed by atoms with Gasteiger partial charge in [-0.3, -0.25) is 0 Å². The van der Waals surface area contributed by atoms with Crippen LogP contribution < -0.4 is 4.74 Å². The average molecular weight is 337 g/mol. The molecule has 2 aromatic rings. The summed E-state index contributed by atoms with van der Waals surface area (Å²) >= 11 is 0. The molecule has 2 aromatic carbocycles. The summed E-state index contributed by atoms with van der Waals surface area (Å²) in [6, 6.07) is 15.0. The quantitative estimate of drug-likeness (QED) is 0.772. The van der Waals surface area contributed by atoms with E-state index in [9.17, 15) is 0 Å². The molecule has 1 aliphatic rings. The molecule has 0 atom stereocenters.